The normalized spacial score (nSPS) is 25.5. The summed E-state index contributed by atoms with van der Waals surface area (Å²) in [6.07, 6.45) is 4.22. The van der Waals surface area contributed by atoms with Crippen molar-refractivity contribution in [3.8, 4) is 0 Å². The molecule has 2 N–H and O–H groups in total. The number of urea groups is 1. The number of carbonyl (C=O) groups excluding carboxylic acids is 4. The number of nitrogens with zero attached hydrogens (tertiary/aromatic N) is 3. The highest BCUT2D eigenvalue weighted by molar-refractivity contribution is 6.09. The fourth-order valence-electron chi connectivity index (χ4n) is 5.18. The molecule has 0 unspecified atom stereocenters. The summed E-state index contributed by atoms with van der Waals surface area (Å²) < 4.78 is 0. The van der Waals surface area contributed by atoms with Gasteiger partial charge in [0, 0.05) is 32.7 Å². The largest absolute Gasteiger partial charge is 0.351 e. The number of rotatable bonds is 7. The minimum atomic E-state index is -0.825. The van der Waals surface area contributed by atoms with E-state index >= 15 is 0 Å². The molecule has 1 aromatic carbocycles. The molecule has 9 heteroatoms. The molecule has 4 rings (SSSR count). The Labute approximate surface area is 200 Å². The molecule has 3 fully saturated rings. The molecule has 9 nitrogen and oxygen atoms in total. The molecular formula is C25H35N5O4. The van der Waals surface area contributed by atoms with Gasteiger partial charge in [0.25, 0.3) is 5.91 Å². The molecule has 5 amide bonds. The van der Waals surface area contributed by atoms with Crippen LogP contribution in [0, 0.1) is 5.92 Å². The number of hydrogen-bond donors (Lipinski definition) is 2. The van der Waals surface area contributed by atoms with E-state index < -0.39 is 11.6 Å². The zero-order valence-corrected chi connectivity index (χ0v) is 19.9. The molecule has 1 spiro atoms. The lowest BCUT2D eigenvalue weighted by molar-refractivity contribution is -0.140. The zero-order chi connectivity index (χ0) is 24.1. The number of benzene rings is 1. The number of piperazine rings is 1. The highest BCUT2D eigenvalue weighted by atomic mass is 16.2. The molecule has 184 valence electrons. The summed E-state index contributed by atoms with van der Waals surface area (Å²) in [5.74, 6) is 0.0684. The lowest BCUT2D eigenvalue weighted by atomic mass is 9.75. The Kier molecular flexibility index (Phi) is 7.50. The smallest absolute Gasteiger partial charge is 0.325 e. The van der Waals surface area contributed by atoms with Crippen molar-refractivity contribution in [1.82, 2.24) is 25.3 Å². The summed E-state index contributed by atoms with van der Waals surface area (Å²) in [5.41, 5.74) is 0.224. The predicted molar refractivity (Wildman–Crippen MR) is 127 cm³/mol. The average Bonchev–Trinajstić information content (AvgIpc) is 3.08. The molecule has 1 aliphatic carbocycles. The molecule has 0 aromatic heterocycles. The van der Waals surface area contributed by atoms with Gasteiger partial charge < -0.3 is 15.5 Å². The molecule has 1 saturated carbocycles. The monoisotopic (exact) mass is 469 g/mol. The Morgan fingerprint density at radius 2 is 1.71 bits per heavy atom. The van der Waals surface area contributed by atoms with E-state index in [1.54, 1.807) is 4.90 Å². The van der Waals surface area contributed by atoms with Gasteiger partial charge in [0.2, 0.25) is 11.8 Å². The summed E-state index contributed by atoms with van der Waals surface area (Å²) in [6, 6.07) is 9.29. The van der Waals surface area contributed by atoms with Gasteiger partial charge in [0.15, 0.2) is 0 Å². The van der Waals surface area contributed by atoms with Crippen LogP contribution in [-0.2, 0) is 20.9 Å². The standard InChI is InChI=1S/C25H35N5O4/c1-2-19-8-10-25(11-9-19)23(33)30(24(34)27-25)18-22(32)29-14-12-28(13-15-29)17-21(31)26-16-20-6-4-3-5-7-20/h3-7,19H,2,8-18H2,1H3,(H,26,31)(H,27,34). The first-order chi connectivity index (χ1) is 16.4. The van der Waals surface area contributed by atoms with Crippen LogP contribution in [0.1, 0.15) is 44.6 Å². The van der Waals surface area contributed by atoms with Crippen LogP contribution in [0.2, 0.25) is 0 Å². The molecule has 3 aliphatic rings. The van der Waals surface area contributed by atoms with Crippen molar-refractivity contribution in [2.24, 2.45) is 5.92 Å². The van der Waals surface area contributed by atoms with E-state index in [0.717, 1.165) is 29.7 Å². The summed E-state index contributed by atoms with van der Waals surface area (Å²) in [5, 5.41) is 5.81. The van der Waals surface area contributed by atoms with Crippen molar-refractivity contribution in [1.29, 1.82) is 0 Å². The van der Waals surface area contributed by atoms with Crippen LogP contribution in [0.4, 0.5) is 4.79 Å². The van der Waals surface area contributed by atoms with E-state index in [9.17, 15) is 19.2 Å². The van der Waals surface area contributed by atoms with Crippen LogP contribution < -0.4 is 10.6 Å². The van der Waals surface area contributed by atoms with Crippen LogP contribution in [0.15, 0.2) is 30.3 Å². The van der Waals surface area contributed by atoms with Gasteiger partial charge in [-0.15, -0.1) is 0 Å². The van der Waals surface area contributed by atoms with E-state index in [2.05, 4.69) is 17.6 Å². The van der Waals surface area contributed by atoms with Crippen LogP contribution in [0.3, 0.4) is 0 Å². The first-order valence-corrected chi connectivity index (χ1v) is 12.3. The van der Waals surface area contributed by atoms with E-state index in [1.807, 2.05) is 35.2 Å². The van der Waals surface area contributed by atoms with Crippen molar-refractivity contribution in [2.75, 3.05) is 39.3 Å². The summed E-state index contributed by atoms with van der Waals surface area (Å²) in [6.45, 7) is 4.80. The molecule has 2 heterocycles. The highest BCUT2D eigenvalue weighted by Gasteiger charge is 2.52. The van der Waals surface area contributed by atoms with Crippen LogP contribution >= 0.6 is 0 Å². The van der Waals surface area contributed by atoms with Gasteiger partial charge in [-0.2, -0.15) is 0 Å². The lowest BCUT2D eigenvalue weighted by Crippen LogP contribution is -2.54. The van der Waals surface area contributed by atoms with Crippen molar-refractivity contribution >= 4 is 23.8 Å². The fourth-order valence-corrected chi connectivity index (χ4v) is 5.18. The zero-order valence-electron chi connectivity index (χ0n) is 19.9. The van der Waals surface area contributed by atoms with Gasteiger partial charge in [-0.1, -0.05) is 43.7 Å². The molecule has 1 aromatic rings. The average molecular weight is 470 g/mol. The summed E-state index contributed by atoms with van der Waals surface area (Å²) in [4.78, 5) is 55.5. The SMILES string of the molecule is CCC1CCC2(CC1)NC(=O)N(CC(=O)N1CCN(CC(=O)NCc3ccccc3)CC1)C2=O. The lowest BCUT2D eigenvalue weighted by Gasteiger charge is -2.35. The molecule has 0 atom stereocenters. The number of amides is 5. The number of carbonyl (C=O) groups is 4. The minimum absolute atomic E-state index is 0.0499. The minimum Gasteiger partial charge on any atom is -0.351 e. The van der Waals surface area contributed by atoms with Crippen LogP contribution in [0.5, 0.6) is 0 Å². The molecular weight excluding hydrogens is 434 g/mol. The van der Waals surface area contributed by atoms with E-state index in [1.165, 1.54) is 0 Å². The van der Waals surface area contributed by atoms with Crippen molar-refractivity contribution in [3.05, 3.63) is 35.9 Å². The second-order valence-electron chi connectivity index (χ2n) is 9.67. The third-order valence-electron chi connectivity index (χ3n) is 7.50. The van der Waals surface area contributed by atoms with Crippen molar-refractivity contribution < 1.29 is 19.2 Å². The van der Waals surface area contributed by atoms with E-state index in [0.29, 0.717) is 51.5 Å². The Hall–Kier alpha value is -2.94. The number of hydrogen-bond acceptors (Lipinski definition) is 5. The second-order valence-corrected chi connectivity index (χ2v) is 9.67. The van der Waals surface area contributed by atoms with Crippen molar-refractivity contribution in [3.63, 3.8) is 0 Å². The Morgan fingerprint density at radius 3 is 2.35 bits per heavy atom. The van der Waals surface area contributed by atoms with Gasteiger partial charge >= 0.3 is 6.03 Å². The summed E-state index contributed by atoms with van der Waals surface area (Å²) >= 11 is 0. The second kappa shape index (κ2) is 10.5. The van der Waals surface area contributed by atoms with Crippen LogP contribution in [-0.4, -0.2) is 83.3 Å². The van der Waals surface area contributed by atoms with Crippen LogP contribution in [0.25, 0.3) is 0 Å². The topological polar surface area (TPSA) is 102 Å². The Bertz CT molecular complexity index is 905. The summed E-state index contributed by atoms with van der Waals surface area (Å²) in [7, 11) is 0. The highest BCUT2D eigenvalue weighted by Crippen LogP contribution is 2.37. The maximum Gasteiger partial charge on any atom is 0.325 e. The molecule has 2 saturated heterocycles. The van der Waals surface area contributed by atoms with Gasteiger partial charge in [-0.25, -0.2) is 4.79 Å². The third-order valence-corrected chi connectivity index (χ3v) is 7.50. The maximum atomic E-state index is 13.1. The van der Waals surface area contributed by atoms with E-state index in [-0.39, 0.29) is 30.8 Å². The Morgan fingerprint density at radius 1 is 1.03 bits per heavy atom. The van der Waals surface area contributed by atoms with Gasteiger partial charge in [0.1, 0.15) is 12.1 Å². The first kappa shape index (κ1) is 24.2. The molecule has 0 radical (unpaired) electrons. The van der Waals surface area contributed by atoms with Gasteiger partial charge in [-0.05, 0) is 37.2 Å². The first-order valence-electron chi connectivity index (χ1n) is 12.3. The quantitative estimate of drug-likeness (QED) is 0.587. The molecule has 0 bridgehead atoms. The van der Waals surface area contributed by atoms with Gasteiger partial charge in [0.05, 0.1) is 6.54 Å². The molecule has 2 aliphatic heterocycles. The fraction of sp³-hybridized carbons (Fsp3) is 0.600. The Balaban J connectivity index is 1.21. The maximum absolute atomic E-state index is 13.1. The number of imide groups is 1. The number of nitrogens with one attached hydrogen (secondary N) is 2. The predicted octanol–water partition coefficient (Wildman–Crippen LogP) is 1.34. The third kappa shape index (κ3) is 5.41. The van der Waals surface area contributed by atoms with E-state index in [4.69, 9.17) is 0 Å². The van der Waals surface area contributed by atoms with Crippen molar-refractivity contribution in [2.45, 2.75) is 51.1 Å². The molecule has 34 heavy (non-hydrogen) atoms. The van der Waals surface area contributed by atoms with Gasteiger partial charge in [-0.3, -0.25) is 24.2 Å².